The van der Waals surface area contributed by atoms with Crippen molar-refractivity contribution in [2.75, 3.05) is 19.8 Å². The first-order valence-electron chi connectivity index (χ1n) is 8.33. The second-order valence-corrected chi connectivity index (χ2v) is 4.94. The lowest BCUT2D eigenvalue weighted by Gasteiger charge is -2.32. The number of esters is 2. The molecule has 0 radical (unpaired) electrons. The van der Waals surface area contributed by atoms with Crippen LogP contribution in [0.1, 0.15) is 47.5 Å². The standard InChI is InChI=1S/C16H27NO8/c1-6-10-12(14(19)22-7-2)17(15(20)23-8-3)11(5)13(18)25-16(21)24-9-4/h11-12H,6-10H2,1-5H3. The predicted molar refractivity (Wildman–Crippen MR) is 86.8 cm³/mol. The summed E-state index contributed by atoms with van der Waals surface area (Å²) in [6.45, 7) is 8.14. The summed E-state index contributed by atoms with van der Waals surface area (Å²) < 4.78 is 19.0. The Morgan fingerprint density at radius 2 is 1.40 bits per heavy atom. The lowest BCUT2D eigenvalue weighted by Crippen LogP contribution is -2.53. The van der Waals surface area contributed by atoms with E-state index in [1.807, 2.05) is 6.92 Å². The average molecular weight is 361 g/mol. The molecule has 1 amide bonds. The van der Waals surface area contributed by atoms with E-state index < -0.39 is 36.3 Å². The molecule has 25 heavy (non-hydrogen) atoms. The lowest BCUT2D eigenvalue weighted by molar-refractivity contribution is -0.154. The number of carbonyl (C=O) groups is 4. The fourth-order valence-corrected chi connectivity index (χ4v) is 2.06. The zero-order valence-electron chi connectivity index (χ0n) is 15.4. The molecule has 0 saturated heterocycles. The third-order valence-electron chi connectivity index (χ3n) is 3.14. The van der Waals surface area contributed by atoms with Gasteiger partial charge in [0.25, 0.3) is 0 Å². The molecule has 0 aromatic rings. The van der Waals surface area contributed by atoms with Crippen LogP contribution in [0.3, 0.4) is 0 Å². The fraction of sp³-hybridized carbons (Fsp3) is 0.750. The first-order valence-corrected chi connectivity index (χ1v) is 8.33. The highest BCUT2D eigenvalue weighted by atomic mass is 16.7. The van der Waals surface area contributed by atoms with Gasteiger partial charge in [-0.15, -0.1) is 0 Å². The highest BCUT2D eigenvalue weighted by Gasteiger charge is 2.39. The molecule has 0 aliphatic heterocycles. The molecule has 0 rings (SSSR count). The van der Waals surface area contributed by atoms with E-state index in [1.54, 1.807) is 20.8 Å². The molecule has 0 N–H and O–H groups in total. The van der Waals surface area contributed by atoms with E-state index in [1.165, 1.54) is 6.92 Å². The Hall–Kier alpha value is -2.32. The third-order valence-corrected chi connectivity index (χ3v) is 3.14. The fourth-order valence-electron chi connectivity index (χ4n) is 2.06. The molecule has 144 valence electrons. The molecule has 0 aliphatic rings. The highest BCUT2D eigenvalue weighted by molar-refractivity contribution is 5.90. The van der Waals surface area contributed by atoms with Crippen molar-refractivity contribution in [2.24, 2.45) is 0 Å². The summed E-state index contributed by atoms with van der Waals surface area (Å²) in [6, 6.07) is -2.28. The maximum absolute atomic E-state index is 12.3. The van der Waals surface area contributed by atoms with Crippen molar-refractivity contribution in [3.8, 4) is 0 Å². The zero-order chi connectivity index (χ0) is 19.4. The number of ether oxygens (including phenoxy) is 4. The van der Waals surface area contributed by atoms with Crippen molar-refractivity contribution in [1.82, 2.24) is 4.90 Å². The topological polar surface area (TPSA) is 108 Å². The van der Waals surface area contributed by atoms with E-state index >= 15 is 0 Å². The van der Waals surface area contributed by atoms with Crippen LogP contribution >= 0.6 is 0 Å². The molecule has 9 nitrogen and oxygen atoms in total. The molecule has 0 spiro atoms. The quantitative estimate of drug-likeness (QED) is 0.349. The minimum absolute atomic E-state index is 0.0311. The Labute approximate surface area is 147 Å². The molecule has 0 heterocycles. The summed E-state index contributed by atoms with van der Waals surface area (Å²) in [4.78, 5) is 48.9. The summed E-state index contributed by atoms with van der Waals surface area (Å²) in [5.41, 5.74) is 0. The lowest BCUT2D eigenvalue weighted by atomic mass is 10.1. The maximum atomic E-state index is 12.3. The number of rotatable bonds is 9. The van der Waals surface area contributed by atoms with Crippen LogP contribution in [0.15, 0.2) is 0 Å². The molecule has 9 heteroatoms. The van der Waals surface area contributed by atoms with Crippen LogP contribution in [0.5, 0.6) is 0 Å². The molecule has 0 aromatic heterocycles. The Balaban J connectivity index is 5.48. The maximum Gasteiger partial charge on any atom is 0.516 e. The van der Waals surface area contributed by atoms with Gasteiger partial charge in [-0.05, 0) is 34.1 Å². The van der Waals surface area contributed by atoms with Gasteiger partial charge in [0.2, 0.25) is 0 Å². The summed E-state index contributed by atoms with van der Waals surface area (Å²) in [7, 11) is 0. The third kappa shape index (κ3) is 7.40. The average Bonchev–Trinajstić information content (AvgIpc) is 2.54. The molecule has 0 aliphatic carbocycles. The van der Waals surface area contributed by atoms with E-state index in [-0.39, 0.29) is 26.2 Å². The van der Waals surface area contributed by atoms with Crippen molar-refractivity contribution < 1.29 is 38.1 Å². The molecule has 2 atom stereocenters. The normalized spacial score (nSPS) is 12.5. The van der Waals surface area contributed by atoms with Crippen LogP contribution < -0.4 is 0 Å². The molecule has 0 fully saturated rings. The smallest absolute Gasteiger partial charge is 0.464 e. The van der Waals surface area contributed by atoms with Gasteiger partial charge in [0.05, 0.1) is 19.8 Å². The van der Waals surface area contributed by atoms with Gasteiger partial charge in [0.1, 0.15) is 12.1 Å². The Kier molecular flexibility index (Phi) is 11.0. The van der Waals surface area contributed by atoms with Crippen molar-refractivity contribution >= 4 is 24.2 Å². The van der Waals surface area contributed by atoms with Crippen LogP contribution in [-0.4, -0.2) is 61.0 Å². The SMILES string of the molecule is CCCC(C(=O)OCC)N(C(=O)OCC)C(C)C(=O)OC(=O)OCC. The first-order chi connectivity index (χ1) is 11.8. The largest absolute Gasteiger partial charge is 0.516 e. The van der Waals surface area contributed by atoms with Crippen molar-refractivity contribution in [3.05, 3.63) is 0 Å². The van der Waals surface area contributed by atoms with E-state index in [2.05, 4.69) is 9.47 Å². The minimum atomic E-state index is -1.25. The van der Waals surface area contributed by atoms with Crippen LogP contribution in [0.2, 0.25) is 0 Å². The van der Waals surface area contributed by atoms with Gasteiger partial charge in [-0.2, -0.15) is 0 Å². The van der Waals surface area contributed by atoms with E-state index in [9.17, 15) is 19.2 Å². The van der Waals surface area contributed by atoms with Gasteiger partial charge >= 0.3 is 24.2 Å². The number of carbonyl (C=O) groups excluding carboxylic acids is 4. The highest BCUT2D eigenvalue weighted by Crippen LogP contribution is 2.16. The van der Waals surface area contributed by atoms with Crippen LogP contribution in [-0.2, 0) is 28.5 Å². The van der Waals surface area contributed by atoms with Crippen molar-refractivity contribution in [2.45, 2.75) is 59.5 Å². The number of amides is 1. The second-order valence-electron chi connectivity index (χ2n) is 4.94. The van der Waals surface area contributed by atoms with Crippen LogP contribution in [0.4, 0.5) is 9.59 Å². The van der Waals surface area contributed by atoms with E-state index in [0.717, 1.165) is 4.90 Å². The monoisotopic (exact) mass is 361 g/mol. The van der Waals surface area contributed by atoms with Crippen molar-refractivity contribution in [3.63, 3.8) is 0 Å². The van der Waals surface area contributed by atoms with Gasteiger partial charge in [-0.3, -0.25) is 4.90 Å². The number of hydrogen-bond acceptors (Lipinski definition) is 8. The Bertz CT molecular complexity index is 465. The van der Waals surface area contributed by atoms with Crippen LogP contribution in [0, 0.1) is 0 Å². The number of hydrogen-bond donors (Lipinski definition) is 0. The van der Waals surface area contributed by atoms with Crippen LogP contribution in [0.25, 0.3) is 0 Å². The van der Waals surface area contributed by atoms with Gasteiger partial charge < -0.3 is 18.9 Å². The molecule has 2 unspecified atom stereocenters. The van der Waals surface area contributed by atoms with E-state index in [0.29, 0.717) is 6.42 Å². The summed E-state index contributed by atoms with van der Waals surface area (Å²) in [5.74, 6) is -1.69. The summed E-state index contributed by atoms with van der Waals surface area (Å²) in [6.07, 6.45) is -1.23. The van der Waals surface area contributed by atoms with E-state index in [4.69, 9.17) is 9.47 Å². The number of nitrogens with zero attached hydrogens (tertiary/aromatic N) is 1. The first kappa shape index (κ1) is 22.7. The van der Waals surface area contributed by atoms with Gasteiger partial charge in [-0.1, -0.05) is 13.3 Å². The zero-order valence-corrected chi connectivity index (χ0v) is 15.4. The second kappa shape index (κ2) is 12.1. The Morgan fingerprint density at radius 3 is 1.88 bits per heavy atom. The summed E-state index contributed by atoms with van der Waals surface area (Å²) in [5, 5.41) is 0. The summed E-state index contributed by atoms with van der Waals surface area (Å²) >= 11 is 0. The van der Waals surface area contributed by atoms with Crippen molar-refractivity contribution in [1.29, 1.82) is 0 Å². The minimum Gasteiger partial charge on any atom is -0.464 e. The predicted octanol–water partition coefficient (Wildman–Crippen LogP) is 2.26. The molecule has 0 aromatic carbocycles. The molecular formula is C16H27NO8. The molecular weight excluding hydrogens is 334 g/mol. The molecule has 0 bridgehead atoms. The van der Waals surface area contributed by atoms with Gasteiger partial charge in [0.15, 0.2) is 0 Å². The van der Waals surface area contributed by atoms with Gasteiger partial charge in [-0.25, -0.2) is 19.2 Å². The molecule has 0 saturated carbocycles. The Morgan fingerprint density at radius 1 is 0.840 bits per heavy atom. The van der Waals surface area contributed by atoms with Gasteiger partial charge in [0, 0.05) is 0 Å².